The number of carbonyl (C=O) groups is 2. The SMILES string of the molecule is COC(=O)CC(=O)CC(C)(O)CCc1ccccc1. The molecule has 1 atom stereocenters. The van der Waals surface area contributed by atoms with Crippen LogP contribution in [0.1, 0.15) is 31.7 Å². The van der Waals surface area contributed by atoms with E-state index in [2.05, 4.69) is 4.74 Å². The van der Waals surface area contributed by atoms with Crippen molar-refractivity contribution in [3.63, 3.8) is 0 Å². The maximum absolute atomic E-state index is 11.6. The van der Waals surface area contributed by atoms with Gasteiger partial charge in [-0.3, -0.25) is 9.59 Å². The molecule has 0 heterocycles. The molecular weight excluding hydrogens is 244 g/mol. The van der Waals surface area contributed by atoms with E-state index in [1.165, 1.54) is 7.11 Å². The molecule has 0 aliphatic rings. The number of hydrogen-bond acceptors (Lipinski definition) is 4. The Morgan fingerprint density at radius 2 is 1.89 bits per heavy atom. The molecule has 0 bridgehead atoms. The second kappa shape index (κ2) is 7.04. The fraction of sp³-hybridized carbons (Fsp3) is 0.467. The summed E-state index contributed by atoms with van der Waals surface area (Å²) in [6, 6.07) is 9.76. The zero-order valence-corrected chi connectivity index (χ0v) is 11.4. The van der Waals surface area contributed by atoms with E-state index in [0.717, 1.165) is 5.56 Å². The molecule has 0 fully saturated rings. The predicted octanol–water partition coefficient (Wildman–Crippen LogP) is 1.89. The maximum atomic E-state index is 11.6. The summed E-state index contributed by atoms with van der Waals surface area (Å²) in [6.45, 7) is 1.62. The van der Waals surface area contributed by atoms with Crippen molar-refractivity contribution < 1.29 is 19.4 Å². The van der Waals surface area contributed by atoms with Crippen molar-refractivity contribution in [2.24, 2.45) is 0 Å². The number of ether oxygens (including phenoxy) is 1. The lowest BCUT2D eigenvalue weighted by Gasteiger charge is -2.22. The van der Waals surface area contributed by atoms with Crippen LogP contribution in [0.3, 0.4) is 0 Å². The van der Waals surface area contributed by atoms with Gasteiger partial charge in [0.05, 0.1) is 12.7 Å². The minimum Gasteiger partial charge on any atom is -0.469 e. The summed E-state index contributed by atoms with van der Waals surface area (Å²) in [6.07, 6.45) is 0.857. The third-order valence-electron chi connectivity index (χ3n) is 2.94. The average molecular weight is 264 g/mol. The average Bonchev–Trinajstić information content (AvgIpc) is 2.37. The first kappa shape index (κ1) is 15.4. The highest BCUT2D eigenvalue weighted by atomic mass is 16.5. The van der Waals surface area contributed by atoms with Gasteiger partial charge in [-0.15, -0.1) is 0 Å². The van der Waals surface area contributed by atoms with Gasteiger partial charge in [-0.05, 0) is 25.3 Å². The number of hydrogen-bond donors (Lipinski definition) is 1. The van der Waals surface area contributed by atoms with Crippen LogP contribution in [0.4, 0.5) is 0 Å². The number of benzene rings is 1. The lowest BCUT2D eigenvalue weighted by Crippen LogP contribution is -2.29. The van der Waals surface area contributed by atoms with Gasteiger partial charge < -0.3 is 9.84 Å². The van der Waals surface area contributed by atoms with Gasteiger partial charge in [-0.25, -0.2) is 0 Å². The molecule has 19 heavy (non-hydrogen) atoms. The van der Waals surface area contributed by atoms with Crippen molar-refractivity contribution in [2.45, 2.75) is 38.2 Å². The first-order chi connectivity index (χ1) is 8.93. The van der Waals surface area contributed by atoms with Gasteiger partial charge in [0.25, 0.3) is 0 Å². The first-order valence-electron chi connectivity index (χ1n) is 6.28. The first-order valence-corrected chi connectivity index (χ1v) is 6.28. The molecule has 0 amide bonds. The second-order valence-electron chi connectivity index (χ2n) is 4.95. The van der Waals surface area contributed by atoms with Crippen LogP contribution in [-0.2, 0) is 20.7 Å². The van der Waals surface area contributed by atoms with E-state index in [-0.39, 0.29) is 18.6 Å². The molecule has 1 aromatic rings. The molecule has 0 radical (unpaired) electrons. The highest BCUT2D eigenvalue weighted by Gasteiger charge is 2.25. The van der Waals surface area contributed by atoms with Crippen molar-refractivity contribution >= 4 is 11.8 Å². The molecule has 4 nitrogen and oxygen atoms in total. The van der Waals surface area contributed by atoms with Crippen LogP contribution in [0.25, 0.3) is 0 Å². The quantitative estimate of drug-likeness (QED) is 0.603. The zero-order valence-electron chi connectivity index (χ0n) is 11.4. The number of aryl methyl sites for hydroxylation is 1. The number of carbonyl (C=O) groups excluding carboxylic acids is 2. The number of esters is 1. The van der Waals surface area contributed by atoms with Crippen LogP contribution < -0.4 is 0 Å². The molecule has 1 rings (SSSR count). The number of Topliss-reactive ketones (excluding diaryl/α,β-unsaturated/α-hetero) is 1. The highest BCUT2D eigenvalue weighted by Crippen LogP contribution is 2.19. The largest absolute Gasteiger partial charge is 0.469 e. The molecule has 0 spiro atoms. The Morgan fingerprint density at radius 3 is 2.47 bits per heavy atom. The molecule has 0 aliphatic heterocycles. The minimum atomic E-state index is -1.10. The van der Waals surface area contributed by atoms with Crippen molar-refractivity contribution in [3.05, 3.63) is 35.9 Å². The molecule has 1 unspecified atom stereocenters. The van der Waals surface area contributed by atoms with Gasteiger partial charge in [0, 0.05) is 6.42 Å². The highest BCUT2D eigenvalue weighted by molar-refractivity contribution is 5.95. The lowest BCUT2D eigenvalue weighted by molar-refractivity contribution is -0.144. The molecular formula is C15H20O4. The number of methoxy groups -OCH3 is 1. The van der Waals surface area contributed by atoms with E-state index in [0.29, 0.717) is 12.8 Å². The van der Waals surface area contributed by atoms with Gasteiger partial charge in [-0.2, -0.15) is 0 Å². The van der Waals surface area contributed by atoms with Crippen LogP contribution in [0.5, 0.6) is 0 Å². The Kier molecular flexibility index (Phi) is 5.70. The Labute approximate surface area is 113 Å². The van der Waals surface area contributed by atoms with E-state index >= 15 is 0 Å². The Balaban J connectivity index is 2.43. The molecule has 1 N–H and O–H groups in total. The van der Waals surface area contributed by atoms with Gasteiger partial charge >= 0.3 is 5.97 Å². The van der Waals surface area contributed by atoms with E-state index in [1.54, 1.807) is 6.92 Å². The summed E-state index contributed by atoms with van der Waals surface area (Å²) in [5.74, 6) is -0.867. The minimum absolute atomic E-state index is 0.0328. The summed E-state index contributed by atoms with van der Waals surface area (Å²) in [5.41, 5.74) is 0.0178. The summed E-state index contributed by atoms with van der Waals surface area (Å²) in [4.78, 5) is 22.5. The fourth-order valence-electron chi connectivity index (χ4n) is 1.87. The van der Waals surface area contributed by atoms with Crippen molar-refractivity contribution in [1.29, 1.82) is 0 Å². The smallest absolute Gasteiger partial charge is 0.313 e. The molecule has 4 heteroatoms. The van der Waals surface area contributed by atoms with Gasteiger partial charge in [0.15, 0.2) is 0 Å². The van der Waals surface area contributed by atoms with E-state index < -0.39 is 11.6 Å². The number of ketones is 1. The normalized spacial score (nSPS) is 13.6. The van der Waals surface area contributed by atoms with Gasteiger partial charge in [0.1, 0.15) is 12.2 Å². The van der Waals surface area contributed by atoms with Crippen LogP contribution >= 0.6 is 0 Å². The fourth-order valence-corrected chi connectivity index (χ4v) is 1.87. The van der Waals surface area contributed by atoms with Crippen molar-refractivity contribution in [3.8, 4) is 0 Å². The monoisotopic (exact) mass is 264 g/mol. The van der Waals surface area contributed by atoms with Gasteiger partial charge in [0.2, 0.25) is 0 Å². The number of aliphatic hydroxyl groups is 1. The summed E-state index contributed by atoms with van der Waals surface area (Å²) in [5, 5.41) is 10.2. The summed E-state index contributed by atoms with van der Waals surface area (Å²) in [7, 11) is 1.24. The van der Waals surface area contributed by atoms with Crippen LogP contribution in [0.15, 0.2) is 30.3 Å². The Morgan fingerprint density at radius 1 is 1.26 bits per heavy atom. The maximum Gasteiger partial charge on any atom is 0.313 e. The third-order valence-corrected chi connectivity index (χ3v) is 2.94. The van der Waals surface area contributed by atoms with E-state index in [1.807, 2.05) is 30.3 Å². The topological polar surface area (TPSA) is 63.6 Å². The second-order valence-corrected chi connectivity index (χ2v) is 4.95. The van der Waals surface area contributed by atoms with Crippen molar-refractivity contribution in [1.82, 2.24) is 0 Å². The lowest BCUT2D eigenvalue weighted by atomic mass is 9.91. The molecule has 0 saturated carbocycles. The molecule has 0 aromatic heterocycles. The van der Waals surface area contributed by atoms with E-state index in [9.17, 15) is 14.7 Å². The van der Waals surface area contributed by atoms with E-state index in [4.69, 9.17) is 0 Å². The molecule has 1 aromatic carbocycles. The van der Waals surface area contributed by atoms with Crippen LogP contribution in [0, 0.1) is 0 Å². The standard InChI is InChI=1S/C15H20O4/c1-15(18,11-13(16)10-14(17)19-2)9-8-12-6-4-3-5-7-12/h3-7,18H,8-11H2,1-2H3. The summed E-state index contributed by atoms with van der Waals surface area (Å²) < 4.78 is 4.42. The Bertz CT molecular complexity index is 423. The van der Waals surface area contributed by atoms with Crippen LogP contribution in [0.2, 0.25) is 0 Å². The molecule has 104 valence electrons. The Hall–Kier alpha value is -1.68. The van der Waals surface area contributed by atoms with Crippen molar-refractivity contribution in [2.75, 3.05) is 7.11 Å². The molecule has 0 aliphatic carbocycles. The number of rotatable bonds is 7. The molecule has 0 saturated heterocycles. The predicted molar refractivity (Wildman–Crippen MR) is 71.6 cm³/mol. The van der Waals surface area contributed by atoms with Gasteiger partial charge in [-0.1, -0.05) is 30.3 Å². The summed E-state index contributed by atoms with van der Waals surface area (Å²) >= 11 is 0. The zero-order chi connectivity index (χ0) is 14.3. The van der Waals surface area contributed by atoms with Crippen LogP contribution in [-0.4, -0.2) is 29.6 Å². The third kappa shape index (κ3) is 6.15.